The maximum absolute atomic E-state index is 14.6. The molecule has 2 atom stereocenters. The largest absolute Gasteiger partial charge is 0.487 e. The van der Waals surface area contributed by atoms with Crippen LogP contribution in [0.15, 0.2) is 48.5 Å². The predicted octanol–water partition coefficient (Wildman–Crippen LogP) is 2.30. The number of rotatable bonds is 7. The van der Waals surface area contributed by atoms with E-state index in [2.05, 4.69) is 0 Å². The molecule has 2 N–H and O–H groups in total. The van der Waals surface area contributed by atoms with Crippen LogP contribution in [-0.4, -0.2) is 71.9 Å². The number of aliphatic hydroxyl groups excluding tert-OH is 1. The van der Waals surface area contributed by atoms with E-state index >= 15 is 0 Å². The monoisotopic (exact) mass is 460 g/mol. The number of anilines is 1. The Kier molecular flexibility index (Phi) is 6.66. The molecule has 2 saturated heterocycles. The Hall–Kier alpha value is -3.37. The number of likely N-dealkylation sites (tertiary alicyclic amines) is 1. The lowest BCUT2D eigenvalue weighted by Crippen LogP contribution is -2.40. The second-order valence-corrected chi connectivity index (χ2v) is 8.14. The lowest BCUT2D eigenvalue weighted by atomic mass is 10.1. The zero-order valence-electron chi connectivity index (χ0n) is 17.9. The summed E-state index contributed by atoms with van der Waals surface area (Å²) in [6.07, 6.45) is -1.60. The van der Waals surface area contributed by atoms with Crippen molar-refractivity contribution in [2.24, 2.45) is 0 Å². The maximum Gasteiger partial charge on any atom is 0.414 e. The van der Waals surface area contributed by atoms with E-state index in [1.165, 1.54) is 21.9 Å². The van der Waals surface area contributed by atoms with E-state index in [4.69, 9.17) is 19.3 Å². The van der Waals surface area contributed by atoms with Gasteiger partial charge in [0.1, 0.15) is 24.9 Å². The molecular weight excluding hydrogens is 435 g/mol. The predicted molar refractivity (Wildman–Crippen MR) is 114 cm³/mol. The highest BCUT2D eigenvalue weighted by Gasteiger charge is 2.40. The molecule has 0 radical (unpaired) electrons. The van der Waals surface area contributed by atoms with Gasteiger partial charge in [-0.1, -0.05) is 30.3 Å². The third-order valence-corrected chi connectivity index (χ3v) is 5.60. The summed E-state index contributed by atoms with van der Waals surface area (Å²) in [6.45, 7) is 0.00306. The number of halogens is 1. The van der Waals surface area contributed by atoms with E-state index in [0.29, 0.717) is 0 Å². The number of hydrogen-bond acceptors (Lipinski definition) is 7. The normalized spacial score (nSPS) is 22.4. The molecule has 176 valence electrons. The van der Waals surface area contributed by atoms with E-state index in [9.17, 15) is 19.1 Å². The van der Waals surface area contributed by atoms with Crippen molar-refractivity contribution in [3.63, 3.8) is 0 Å². The molecule has 0 bridgehead atoms. The molecule has 2 aromatic carbocycles. The Morgan fingerprint density at radius 2 is 2.03 bits per heavy atom. The maximum atomic E-state index is 14.6. The number of aliphatic hydroxyl groups is 2. The van der Waals surface area contributed by atoms with Gasteiger partial charge < -0.3 is 29.3 Å². The van der Waals surface area contributed by atoms with E-state index in [1.54, 1.807) is 0 Å². The minimum atomic E-state index is -1.34. The molecule has 2 amide bonds. The number of carbonyl (C=O) groups excluding carboxylic acids is 2. The quantitative estimate of drug-likeness (QED) is 0.653. The SMILES string of the molecule is O=C(OCc1ccccc1)N1CC[C@@](O)(COc2ccc(N3C[C@H](CO)OC3=O)cc2F)C1. The summed E-state index contributed by atoms with van der Waals surface area (Å²) in [5.74, 6) is -0.808. The standard InChI is InChI=1S/C23H25FN2O7/c24-19-10-17(26-11-18(12-27)33-22(26)29)6-7-20(19)32-15-23(30)8-9-25(14-23)21(28)31-13-16-4-2-1-3-5-16/h1-7,10,18,27,30H,8-9,11-15H2/t18-,23+/m1/s1. The number of amides is 2. The van der Waals surface area contributed by atoms with Crippen LogP contribution in [0.2, 0.25) is 0 Å². The fourth-order valence-corrected chi connectivity index (χ4v) is 3.75. The zero-order chi connectivity index (χ0) is 23.4. The van der Waals surface area contributed by atoms with Gasteiger partial charge in [-0.25, -0.2) is 14.0 Å². The molecule has 0 spiro atoms. The Morgan fingerprint density at radius 1 is 1.24 bits per heavy atom. The molecule has 2 aliphatic rings. The van der Waals surface area contributed by atoms with Gasteiger partial charge in [0.25, 0.3) is 0 Å². The number of carbonyl (C=O) groups is 2. The first-order valence-electron chi connectivity index (χ1n) is 10.6. The number of hydrogen-bond donors (Lipinski definition) is 2. The molecule has 2 heterocycles. The smallest absolute Gasteiger partial charge is 0.414 e. The van der Waals surface area contributed by atoms with Crippen molar-refractivity contribution in [1.29, 1.82) is 0 Å². The van der Waals surface area contributed by atoms with Crippen LogP contribution in [0.1, 0.15) is 12.0 Å². The summed E-state index contributed by atoms with van der Waals surface area (Å²) in [6, 6.07) is 13.2. The van der Waals surface area contributed by atoms with Crippen LogP contribution < -0.4 is 9.64 Å². The lowest BCUT2D eigenvalue weighted by molar-refractivity contribution is 0.00182. The Balaban J connectivity index is 1.30. The third-order valence-electron chi connectivity index (χ3n) is 5.60. The van der Waals surface area contributed by atoms with Gasteiger partial charge in [-0.3, -0.25) is 4.90 Å². The number of benzene rings is 2. The first-order valence-corrected chi connectivity index (χ1v) is 10.6. The van der Waals surface area contributed by atoms with Crippen LogP contribution in [0.4, 0.5) is 19.7 Å². The van der Waals surface area contributed by atoms with Gasteiger partial charge in [-0.05, 0) is 24.1 Å². The van der Waals surface area contributed by atoms with Crippen LogP contribution in [-0.2, 0) is 16.1 Å². The molecular formula is C23H25FN2O7. The van der Waals surface area contributed by atoms with Crippen molar-refractivity contribution in [3.8, 4) is 5.75 Å². The lowest BCUT2D eigenvalue weighted by Gasteiger charge is -2.23. The second kappa shape index (κ2) is 9.63. The van der Waals surface area contributed by atoms with Gasteiger partial charge >= 0.3 is 12.2 Å². The van der Waals surface area contributed by atoms with E-state index < -0.39 is 29.7 Å². The van der Waals surface area contributed by atoms with Crippen LogP contribution in [0.25, 0.3) is 0 Å². The average molecular weight is 460 g/mol. The van der Waals surface area contributed by atoms with Gasteiger partial charge in [0.05, 0.1) is 25.4 Å². The van der Waals surface area contributed by atoms with Gasteiger partial charge in [0.15, 0.2) is 11.6 Å². The van der Waals surface area contributed by atoms with Gasteiger partial charge in [0.2, 0.25) is 0 Å². The van der Waals surface area contributed by atoms with Crippen molar-refractivity contribution in [2.45, 2.75) is 24.7 Å². The fourth-order valence-electron chi connectivity index (χ4n) is 3.75. The van der Waals surface area contributed by atoms with Crippen LogP contribution >= 0.6 is 0 Å². The zero-order valence-corrected chi connectivity index (χ0v) is 17.9. The van der Waals surface area contributed by atoms with Crippen molar-refractivity contribution < 1.29 is 38.4 Å². The van der Waals surface area contributed by atoms with E-state index in [-0.39, 0.29) is 57.3 Å². The van der Waals surface area contributed by atoms with Crippen molar-refractivity contribution >= 4 is 17.9 Å². The van der Waals surface area contributed by atoms with E-state index in [0.717, 1.165) is 11.6 Å². The summed E-state index contributed by atoms with van der Waals surface area (Å²) in [7, 11) is 0. The molecule has 9 nitrogen and oxygen atoms in total. The summed E-state index contributed by atoms with van der Waals surface area (Å²) < 4.78 is 30.3. The third kappa shape index (κ3) is 5.35. The molecule has 2 aromatic rings. The molecule has 0 aliphatic carbocycles. The minimum absolute atomic E-state index is 0.00247. The highest BCUT2D eigenvalue weighted by Crippen LogP contribution is 2.29. The van der Waals surface area contributed by atoms with Crippen molar-refractivity contribution in [3.05, 3.63) is 59.9 Å². The van der Waals surface area contributed by atoms with Gasteiger partial charge in [0, 0.05) is 12.6 Å². The molecule has 2 fully saturated rings. The number of nitrogens with zero attached hydrogens (tertiary/aromatic N) is 2. The number of ether oxygens (including phenoxy) is 3. The van der Waals surface area contributed by atoms with Crippen molar-refractivity contribution in [1.82, 2.24) is 4.90 Å². The molecule has 4 rings (SSSR count). The van der Waals surface area contributed by atoms with Crippen LogP contribution in [0.3, 0.4) is 0 Å². The Labute approximate surface area is 189 Å². The van der Waals surface area contributed by atoms with Gasteiger partial charge in [-0.2, -0.15) is 0 Å². The molecule has 2 aliphatic heterocycles. The fraction of sp³-hybridized carbons (Fsp3) is 0.391. The minimum Gasteiger partial charge on any atom is -0.487 e. The summed E-state index contributed by atoms with van der Waals surface area (Å²) in [5.41, 5.74) is -0.214. The topological polar surface area (TPSA) is 109 Å². The molecule has 10 heteroatoms. The highest BCUT2D eigenvalue weighted by molar-refractivity contribution is 5.89. The van der Waals surface area contributed by atoms with Crippen LogP contribution in [0, 0.1) is 5.82 Å². The number of β-amino-alcohol motifs (C(OH)–C–C–N with tert-alkyl or cyclic N) is 1. The van der Waals surface area contributed by atoms with Gasteiger partial charge in [-0.15, -0.1) is 0 Å². The molecule has 0 aromatic heterocycles. The van der Waals surface area contributed by atoms with E-state index in [1.807, 2.05) is 30.3 Å². The molecule has 33 heavy (non-hydrogen) atoms. The summed E-state index contributed by atoms with van der Waals surface area (Å²) in [4.78, 5) is 26.8. The molecule has 0 saturated carbocycles. The Bertz CT molecular complexity index is 1010. The van der Waals surface area contributed by atoms with Crippen LogP contribution in [0.5, 0.6) is 5.75 Å². The average Bonchev–Trinajstić information content (AvgIpc) is 3.40. The Morgan fingerprint density at radius 3 is 2.73 bits per heavy atom. The van der Waals surface area contributed by atoms with Crippen molar-refractivity contribution in [2.75, 3.05) is 37.7 Å². The molecule has 0 unspecified atom stereocenters. The summed E-state index contributed by atoms with van der Waals surface area (Å²) >= 11 is 0. The first-order chi connectivity index (χ1) is 15.9. The second-order valence-electron chi connectivity index (χ2n) is 8.14. The number of cyclic esters (lactones) is 1. The summed E-state index contributed by atoms with van der Waals surface area (Å²) in [5, 5.41) is 19.9. The highest BCUT2D eigenvalue weighted by atomic mass is 19.1. The first kappa shape index (κ1) is 22.8.